The molecule has 3 rings (SSSR count). The molecule has 0 aromatic carbocycles. The number of aromatic nitrogens is 1. The minimum atomic E-state index is 0.00771. The third kappa shape index (κ3) is 1.10. The van der Waals surface area contributed by atoms with Crippen LogP contribution in [0.4, 0.5) is 0 Å². The van der Waals surface area contributed by atoms with Crippen LogP contribution < -0.4 is 0 Å². The first kappa shape index (κ1) is 8.42. The Kier molecular flexibility index (Phi) is 1.68. The second-order valence-corrected chi connectivity index (χ2v) is 4.59. The lowest BCUT2D eigenvalue weighted by atomic mass is 9.81. The van der Waals surface area contributed by atoms with Crippen LogP contribution in [0, 0.1) is 5.92 Å². The van der Waals surface area contributed by atoms with Gasteiger partial charge in [-0.3, -0.25) is 4.98 Å². The van der Waals surface area contributed by atoms with Crippen LogP contribution in [-0.2, 0) is 10.3 Å². The van der Waals surface area contributed by atoms with Gasteiger partial charge in [-0.25, -0.2) is 0 Å². The van der Waals surface area contributed by atoms with Crippen molar-refractivity contribution in [2.24, 2.45) is 5.92 Å². The highest BCUT2D eigenvalue weighted by molar-refractivity contribution is 5.23. The van der Waals surface area contributed by atoms with Gasteiger partial charge in [-0.2, -0.15) is 0 Å². The van der Waals surface area contributed by atoms with Gasteiger partial charge in [0.05, 0.1) is 11.8 Å². The lowest BCUT2D eigenvalue weighted by molar-refractivity contribution is 0.280. The monoisotopic (exact) mass is 189 g/mol. The number of rotatable bonds is 1. The van der Waals surface area contributed by atoms with Crippen molar-refractivity contribution >= 4 is 0 Å². The second kappa shape index (κ2) is 2.80. The number of hydrogen-bond acceptors (Lipinski definition) is 2. The highest BCUT2D eigenvalue weighted by atomic mass is 16.6. The van der Waals surface area contributed by atoms with E-state index >= 15 is 0 Å². The van der Waals surface area contributed by atoms with E-state index in [-0.39, 0.29) is 5.60 Å². The Hall–Kier alpha value is -0.890. The standard InChI is InChI=1S/C12H15NO/c1-9-5-6-12(11(8-9)14-12)10-4-2-3-7-13-10/h2-4,7,9,11H,5-6,8H2,1H3/t9-,11+,12+/m1/s1. The predicted molar refractivity (Wildman–Crippen MR) is 53.8 cm³/mol. The maximum Gasteiger partial charge on any atom is 0.136 e. The molecule has 2 fully saturated rings. The van der Waals surface area contributed by atoms with Crippen LogP contribution in [0.25, 0.3) is 0 Å². The van der Waals surface area contributed by atoms with E-state index in [2.05, 4.69) is 18.0 Å². The zero-order chi connectivity index (χ0) is 9.60. The Morgan fingerprint density at radius 3 is 3.14 bits per heavy atom. The molecule has 2 nitrogen and oxygen atoms in total. The molecule has 0 unspecified atom stereocenters. The van der Waals surface area contributed by atoms with Gasteiger partial charge in [0.2, 0.25) is 0 Å². The van der Waals surface area contributed by atoms with Gasteiger partial charge in [0, 0.05) is 6.20 Å². The fourth-order valence-corrected chi connectivity index (χ4v) is 2.59. The lowest BCUT2D eigenvalue weighted by Crippen LogP contribution is -2.22. The predicted octanol–water partition coefficient (Wildman–Crippen LogP) is 2.50. The van der Waals surface area contributed by atoms with Crippen molar-refractivity contribution in [3.05, 3.63) is 30.1 Å². The number of ether oxygens (including phenoxy) is 1. The number of epoxide rings is 1. The average Bonchev–Trinajstić information content (AvgIpc) is 2.94. The fourth-order valence-electron chi connectivity index (χ4n) is 2.59. The molecular formula is C12H15NO. The average molecular weight is 189 g/mol. The maximum atomic E-state index is 5.86. The van der Waals surface area contributed by atoms with Crippen molar-refractivity contribution in [3.8, 4) is 0 Å². The summed E-state index contributed by atoms with van der Waals surface area (Å²) in [4.78, 5) is 4.42. The Morgan fingerprint density at radius 1 is 1.50 bits per heavy atom. The lowest BCUT2D eigenvalue weighted by Gasteiger charge is -2.20. The molecule has 2 aliphatic rings. The number of hydrogen-bond donors (Lipinski definition) is 0. The summed E-state index contributed by atoms with van der Waals surface area (Å²) in [6, 6.07) is 6.10. The first-order valence-electron chi connectivity index (χ1n) is 5.40. The van der Waals surface area contributed by atoms with Crippen LogP contribution >= 0.6 is 0 Å². The molecule has 1 aliphatic heterocycles. The Morgan fingerprint density at radius 2 is 2.43 bits per heavy atom. The van der Waals surface area contributed by atoms with Crippen LogP contribution in [0.1, 0.15) is 31.9 Å². The van der Waals surface area contributed by atoms with Gasteiger partial charge in [0.25, 0.3) is 0 Å². The quantitative estimate of drug-likeness (QED) is 0.634. The van der Waals surface area contributed by atoms with Crippen molar-refractivity contribution in [2.45, 2.75) is 37.9 Å². The minimum Gasteiger partial charge on any atom is -0.359 e. The Bertz CT molecular complexity index is 337. The van der Waals surface area contributed by atoms with E-state index in [0.717, 1.165) is 18.0 Å². The number of fused-ring (bicyclic) bond motifs is 1. The molecule has 3 atom stereocenters. The molecule has 2 heterocycles. The van der Waals surface area contributed by atoms with E-state index in [9.17, 15) is 0 Å². The van der Waals surface area contributed by atoms with Gasteiger partial charge in [0.1, 0.15) is 5.60 Å². The van der Waals surface area contributed by atoms with Gasteiger partial charge < -0.3 is 4.74 Å². The van der Waals surface area contributed by atoms with E-state index in [1.165, 1.54) is 12.8 Å². The fraction of sp³-hybridized carbons (Fsp3) is 0.583. The summed E-state index contributed by atoms with van der Waals surface area (Å²) < 4.78 is 5.86. The van der Waals surface area contributed by atoms with E-state index < -0.39 is 0 Å². The molecular weight excluding hydrogens is 174 g/mol. The van der Waals surface area contributed by atoms with Crippen LogP contribution in [0.5, 0.6) is 0 Å². The molecule has 0 radical (unpaired) electrons. The van der Waals surface area contributed by atoms with Gasteiger partial charge in [0.15, 0.2) is 0 Å². The largest absolute Gasteiger partial charge is 0.359 e. The second-order valence-electron chi connectivity index (χ2n) is 4.59. The zero-order valence-corrected chi connectivity index (χ0v) is 8.44. The molecule has 14 heavy (non-hydrogen) atoms. The van der Waals surface area contributed by atoms with E-state index in [1.807, 2.05) is 18.3 Å². The Labute approximate surface area is 84.3 Å². The smallest absolute Gasteiger partial charge is 0.136 e. The SMILES string of the molecule is C[C@@H]1CC[C@@]2(c3ccccn3)O[C@H]2C1. The molecule has 1 aliphatic carbocycles. The zero-order valence-electron chi connectivity index (χ0n) is 8.44. The summed E-state index contributed by atoms with van der Waals surface area (Å²) in [5.41, 5.74) is 1.14. The number of nitrogens with zero attached hydrogens (tertiary/aromatic N) is 1. The van der Waals surface area contributed by atoms with E-state index in [4.69, 9.17) is 4.74 Å². The minimum absolute atomic E-state index is 0.00771. The third-order valence-corrected chi connectivity index (χ3v) is 3.54. The van der Waals surface area contributed by atoms with Crippen molar-refractivity contribution in [1.82, 2.24) is 4.98 Å². The Balaban J connectivity index is 1.88. The van der Waals surface area contributed by atoms with Crippen molar-refractivity contribution < 1.29 is 4.74 Å². The van der Waals surface area contributed by atoms with Crippen LogP contribution in [0.2, 0.25) is 0 Å². The highest BCUT2D eigenvalue weighted by Crippen LogP contribution is 2.55. The normalized spacial score (nSPS) is 40.4. The molecule has 0 N–H and O–H groups in total. The highest BCUT2D eigenvalue weighted by Gasteiger charge is 2.60. The summed E-state index contributed by atoms with van der Waals surface area (Å²) in [5, 5.41) is 0. The van der Waals surface area contributed by atoms with Gasteiger partial charge >= 0.3 is 0 Å². The van der Waals surface area contributed by atoms with Gasteiger partial charge in [-0.1, -0.05) is 13.0 Å². The van der Waals surface area contributed by atoms with Crippen LogP contribution in [0.3, 0.4) is 0 Å². The molecule has 0 amide bonds. The number of pyridine rings is 1. The summed E-state index contributed by atoms with van der Waals surface area (Å²) in [6.45, 7) is 2.31. The molecule has 74 valence electrons. The van der Waals surface area contributed by atoms with Gasteiger partial charge in [-0.05, 0) is 37.3 Å². The topological polar surface area (TPSA) is 25.4 Å². The van der Waals surface area contributed by atoms with Gasteiger partial charge in [-0.15, -0.1) is 0 Å². The van der Waals surface area contributed by atoms with E-state index in [1.54, 1.807) is 0 Å². The van der Waals surface area contributed by atoms with Crippen molar-refractivity contribution in [1.29, 1.82) is 0 Å². The first-order valence-corrected chi connectivity index (χ1v) is 5.40. The molecule has 1 aromatic rings. The molecule has 1 saturated heterocycles. The summed E-state index contributed by atoms with van der Waals surface area (Å²) in [6.07, 6.45) is 5.93. The van der Waals surface area contributed by atoms with Crippen LogP contribution in [-0.4, -0.2) is 11.1 Å². The van der Waals surface area contributed by atoms with E-state index in [0.29, 0.717) is 6.10 Å². The first-order chi connectivity index (χ1) is 6.81. The molecule has 1 aromatic heterocycles. The summed E-state index contributed by atoms with van der Waals surface area (Å²) in [7, 11) is 0. The molecule has 2 heteroatoms. The molecule has 0 bridgehead atoms. The van der Waals surface area contributed by atoms with Crippen LogP contribution in [0.15, 0.2) is 24.4 Å². The molecule has 0 spiro atoms. The summed E-state index contributed by atoms with van der Waals surface area (Å²) in [5.74, 6) is 0.819. The van der Waals surface area contributed by atoms with Crippen molar-refractivity contribution in [2.75, 3.05) is 0 Å². The molecule has 1 saturated carbocycles. The maximum absolute atomic E-state index is 5.86. The summed E-state index contributed by atoms with van der Waals surface area (Å²) >= 11 is 0. The third-order valence-electron chi connectivity index (χ3n) is 3.54. The van der Waals surface area contributed by atoms with Crippen molar-refractivity contribution in [3.63, 3.8) is 0 Å².